The second kappa shape index (κ2) is 8.85. The summed E-state index contributed by atoms with van der Waals surface area (Å²) in [5.41, 5.74) is 8.74. The topological polar surface area (TPSA) is 64.3 Å². The standard InChI is InChI=1S/C18H22N2O2/c19-17-8-6-16(7-9-17)10-12-20-18(21)14-22-13-11-15-4-2-1-3-5-15/h1-9H,10-14,19H2,(H,20,21). The summed E-state index contributed by atoms with van der Waals surface area (Å²) >= 11 is 0. The molecular weight excluding hydrogens is 276 g/mol. The van der Waals surface area contributed by atoms with E-state index < -0.39 is 0 Å². The molecule has 0 saturated heterocycles. The number of ether oxygens (including phenoxy) is 1. The van der Waals surface area contributed by atoms with Crippen LogP contribution in [0.5, 0.6) is 0 Å². The molecule has 2 rings (SSSR count). The summed E-state index contributed by atoms with van der Waals surface area (Å²) < 4.78 is 5.39. The number of anilines is 1. The lowest BCUT2D eigenvalue weighted by Gasteiger charge is -2.07. The van der Waals surface area contributed by atoms with Crippen molar-refractivity contribution in [3.63, 3.8) is 0 Å². The molecule has 3 N–H and O–H groups in total. The number of hydrogen-bond donors (Lipinski definition) is 2. The first-order valence-electron chi connectivity index (χ1n) is 7.47. The summed E-state index contributed by atoms with van der Waals surface area (Å²) in [6, 6.07) is 17.8. The Balaban J connectivity index is 1.55. The Hall–Kier alpha value is -2.33. The van der Waals surface area contributed by atoms with Gasteiger partial charge in [0.25, 0.3) is 0 Å². The Morgan fingerprint density at radius 2 is 1.64 bits per heavy atom. The van der Waals surface area contributed by atoms with E-state index in [0.717, 1.165) is 24.1 Å². The molecule has 0 aliphatic carbocycles. The van der Waals surface area contributed by atoms with E-state index in [1.807, 2.05) is 42.5 Å². The van der Waals surface area contributed by atoms with Crippen LogP contribution in [0.3, 0.4) is 0 Å². The zero-order valence-corrected chi connectivity index (χ0v) is 12.6. The van der Waals surface area contributed by atoms with Gasteiger partial charge in [-0.3, -0.25) is 4.79 Å². The molecule has 0 unspecified atom stereocenters. The van der Waals surface area contributed by atoms with Crippen molar-refractivity contribution in [2.24, 2.45) is 0 Å². The van der Waals surface area contributed by atoms with Gasteiger partial charge in [-0.2, -0.15) is 0 Å². The van der Waals surface area contributed by atoms with E-state index >= 15 is 0 Å². The average molecular weight is 298 g/mol. The van der Waals surface area contributed by atoms with Gasteiger partial charge in [0, 0.05) is 12.2 Å². The molecule has 0 aliphatic rings. The van der Waals surface area contributed by atoms with E-state index in [2.05, 4.69) is 17.4 Å². The van der Waals surface area contributed by atoms with Crippen LogP contribution in [-0.4, -0.2) is 25.7 Å². The van der Waals surface area contributed by atoms with E-state index in [4.69, 9.17) is 10.5 Å². The molecular formula is C18H22N2O2. The molecule has 0 spiro atoms. The van der Waals surface area contributed by atoms with Gasteiger partial charge in [-0.25, -0.2) is 0 Å². The summed E-state index contributed by atoms with van der Waals surface area (Å²) in [7, 11) is 0. The number of nitrogen functional groups attached to an aromatic ring is 1. The van der Waals surface area contributed by atoms with Gasteiger partial charge in [0.15, 0.2) is 0 Å². The molecule has 0 bridgehead atoms. The Morgan fingerprint density at radius 3 is 2.36 bits per heavy atom. The molecule has 1 amide bonds. The van der Waals surface area contributed by atoms with Gasteiger partial charge >= 0.3 is 0 Å². The summed E-state index contributed by atoms with van der Waals surface area (Å²) in [4.78, 5) is 11.6. The number of rotatable bonds is 8. The summed E-state index contributed by atoms with van der Waals surface area (Å²) in [5.74, 6) is -0.0801. The minimum atomic E-state index is -0.0801. The molecule has 0 saturated carbocycles. The Kier molecular flexibility index (Phi) is 6.45. The second-order valence-corrected chi connectivity index (χ2v) is 5.13. The highest BCUT2D eigenvalue weighted by Crippen LogP contribution is 2.05. The highest BCUT2D eigenvalue weighted by molar-refractivity contribution is 5.77. The van der Waals surface area contributed by atoms with Crippen LogP contribution in [0.1, 0.15) is 11.1 Å². The normalized spacial score (nSPS) is 10.4. The molecule has 2 aromatic rings. The fraction of sp³-hybridized carbons (Fsp3) is 0.278. The lowest BCUT2D eigenvalue weighted by molar-refractivity contribution is -0.125. The van der Waals surface area contributed by atoms with Gasteiger partial charge in [0.2, 0.25) is 5.91 Å². The molecule has 116 valence electrons. The van der Waals surface area contributed by atoms with Crippen LogP contribution < -0.4 is 11.1 Å². The smallest absolute Gasteiger partial charge is 0.246 e. The lowest BCUT2D eigenvalue weighted by atomic mass is 10.1. The summed E-state index contributed by atoms with van der Waals surface area (Å²) in [5, 5.41) is 2.85. The number of benzene rings is 2. The maximum absolute atomic E-state index is 11.6. The van der Waals surface area contributed by atoms with E-state index in [1.165, 1.54) is 5.56 Å². The molecule has 0 fully saturated rings. The second-order valence-electron chi connectivity index (χ2n) is 5.13. The Bertz CT molecular complexity index is 567. The predicted molar refractivity (Wildman–Crippen MR) is 88.5 cm³/mol. The van der Waals surface area contributed by atoms with Gasteiger partial charge in [0.1, 0.15) is 6.61 Å². The maximum Gasteiger partial charge on any atom is 0.246 e. The van der Waals surface area contributed by atoms with Crippen LogP contribution in [-0.2, 0) is 22.4 Å². The first-order chi connectivity index (χ1) is 10.7. The average Bonchev–Trinajstić information content (AvgIpc) is 2.54. The van der Waals surface area contributed by atoms with Crippen molar-refractivity contribution in [2.45, 2.75) is 12.8 Å². The Morgan fingerprint density at radius 1 is 0.955 bits per heavy atom. The number of carbonyl (C=O) groups is 1. The summed E-state index contributed by atoms with van der Waals surface area (Å²) in [6.45, 7) is 1.26. The third-order valence-corrected chi connectivity index (χ3v) is 3.33. The molecule has 22 heavy (non-hydrogen) atoms. The maximum atomic E-state index is 11.6. The lowest BCUT2D eigenvalue weighted by Crippen LogP contribution is -2.29. The minimum Gasteiger partial charge on any atom is -0.399 e. The molecule has 0 aliphatic heterocycles. The highest BCUT2D eigenvalue weighted by Gasteiger charge is 2.01. The van der Waals surface area contributed by atoms with Crippen LogP contribution in [0, 0.1) is 0 Å². The number of nitrogens with one attached hydrogen (secondary N) is 1. The van der Waals surface area contributed by atoms with Gasteiger partial charge in [-0.1, -0.05) is 42.5 Å². The largest absolute Gasteiger partial charge is 0.399 e. The van der Waals surface area contributed by atoms with Crippen molar-refractivity contribution in [3.05, 3.63) is 65.7 Å². The fourth-order valence-electron chi connectivity index (χ4n) is 2.08. The van der Waals surface area contributed by atoms with E-state index in [0.29, 0.717) is 13.2 Å². The third kappa shape index (κ3) is 5.97. The van der Waals surface area contributed by atoms with E-state index in [9.17, 15) is 4.79 Å². The molecule has 0 radical (unpaired) electrons. The molecule has 4 heteroatoms. The molecule has 0 atom stereocenters. The summed E-state index contributed by atoms with van der Waals surface area (Å²) in [6.07, 6.45) is 1.61. The van der Waals surface area contributed by atoms with Crippen molar-refractivity contribution in [1.82, 2.24) is 5.32 Å². The SMILES string of the molecule is Nc1ccc(CCNC(=O)COCCc2ccccc2)cc1. The zero-order valence-electron chi connectivity index (χ0n) is 12.6. The minimum absolute atomic E-state index is 0.0801. The zero-order chi connectivity index (χ0) is 15.6. The van der Waals surface area contributed by atoms with Crippen molar-refractivity contribution in [3.8, 4) is 0 Å². The van der Waals surface area contributed by atoms with Crippen LogP contribution in [0.2, 0.25) is 0 Å². The predicted octanol–water partition coefficient (Wildman–Crippen LogP) is 2.19. The van der Waals surface area contributed by atoms with Crippen molar-refractivity contribution >= 4 is 11.6 Å². The van der Waals surface area contributed by atoms with Gasteiger partial charge in [0.05, 0.1) is 6.61 Å². The van der Waals surface area contributed by atoms with Gasteiger partial charge in [-0.05, 0) is 36.1 Å². The van der Waals surface area contributed by atoms with Crippen LogP contribution >= 0.6 is 0 Å². The van der Waals surface area contributed by atoms with E-state index in [-0.39, 0.29) is 12.5 Å². The third-order valence-electron chi connectivity index (χ3n) is 3.33. The van der Waals surface area contributed by atoms with Crippen molar-refractivity contribution in [2.75, 3.05) is 25.5 Å². The number of nitrogens with two attached hydrogens (primary N) is 1. The molecule has 2 aromatic carbocycles. The first-order valence-corrected chi connectivity index (χ1v) is 7.47. The van der Waals surface area contributed by atoms with Crippen molar-refractivity contribution < 1.29 is 9.53 Å². The van der Waals surface area contributed by atoms with E-state index in [1.54, 1.807) is 0 Å². The molecule has 0 aromatic heterocycles. The molecule has 4 nitrogen and oxygen atoms in total. The number of amides is 1. The quantitative estimate of drug-likeness (QED) is 0.580. The number of carbonyl (C=O) groups excluding carboxylic acids is 1. The van der Waals surface area contributed by atoms with Crippen molar-refractivity contribution in [1.29, 1.82) is 0 Å². The number of hydrogen-bond acceptors (Lipinski definition) is 3. The van der Waals surface area contributed by atoms with Gasteiger partial charge in [-0.15, -0.1) is 0 Å². The molecule has 0 heterocycles. The monoisotopic (exact) mass is 298 g/mol. The van der Waals surface area contributed by atoms with Crippen LogP contribution in [0.15, 0.2) is 54.6 Å². The first kappa shape index (κ1) is 16.0. The Labute approximate surface area is 131 Å². The van der Waals surface area contributed by atoms with Gasteiger partial charge < -0.3 is 15.8 Å². The fourth-order valence-corrected chi connectivity index (χ4v) is 2.08. The highest BCUT2D eigenvalue weighted by atomic mass is 16.5. The van der Waals surface area contributed by atoms with Crippen LogP contribution in [0.25, 0.3) is 0 Å². The van der Waals surface area contributed by atoms with Crippen LogP contribution in [0.4, 0.5) is 5.69 Å².